The molecule has 0 aromatic heterocycles. The Labute approximate surface area is 558 Å². The van der Waals surface area contributed by atoms with Gasteiger partial charge >= 0.3 is 5.97 Å². The molecule has 0 spiro atoms. The Morgan fingerprint density at radius 2 is 0.480 bits per heavy atom. The molecule has 16 bridgehead atoms. The van der Waals surface area contributed by atoms with Crippen molar-refractivity contribution in [1.82, 2.24) is 0 Å². The predicted molar refractivity (Wildman–Crippen MR) is 302 cm³/mol. The summed E-state index contributed by atoms with van der Waals surface area (Å²) in [7, 11) is 0. The van der Waals surface area contributed by atoms with Crippen molar-refractivity contribution in [2.24, 2.45) is 0 Å². The number of aliphatic carboxylic acids is 1. The van der Waals surface area contributed by atoms with Gasteiger partial charge in [-0.15, -0.1) is 11.8 Å². The largest absolute Gasteiger partial charge is 0.481 e. The molecular formula is C56H86O41S. The van der Waals surface area contributed by atoms with Crippen molar-refractivity contribution < 1.29 is 203 Å². The standard InChI is InChI=1S/C56H86O41S/c57-6-16-41-25(66)33(74)49(82-16)91-42-17(7-58)84-51(35(76)27(42)68)93-44-19(9-60)86-53(37(78)29(44)70)95-46-21(11-62)88-55(39(80)31(46)72)97-48-23(13-98-15-3-1-2-14(4-15)5-24(64)65)89-56(40(81)32(48)73)96-47-22(12-63)87-54(38(79)30(47)71)94-45-20(10-61)85-52(36(77)28(45)69)92-43-18(8-59)83-50(90-41)34(75)26(43)67/h1-4,16-23,25-63,66-81H,5-13H2,(H,64,65)/t16-,17-,18+,19-,20+,21-,22+,23-,25-,26-,27-,28-,29-,30-,31-,32-,33-,34-,35+,36-,37-,38-,39+,40-,41-,42-,43-,44-,45-,46-,47-,48-,49-,50-,51-,52-,53-,54-,55-,56-/m1/s1. The first kappa shape index (κ1) is 78.1. The van der Waals surface area contributed by atoms with E-state index in [9.17, 15) is 127 Å². The molecule has 30 fully saturated rings. The normalized spacial score (nSPS) is 50.8. The van der Waals surface area contributed by atoms with Crippen molar-refractivity contribution in [3.63, 3.8) is 0 Å². The third-order valence-corrected chi connectivity index (χ3v) is 19.5. The molecule has 98 heavy (non-hydrogen) atoms. The van der Waals surface area contributed by atoms with Crippen molar-refractivity contribution in [3.8, 4) is 0 Å². The van der Waals surface area contributed by atoms with Crippen LogP contribution in [0, 0.1) is 0 Å². The molecule has 31 rings (SSSR count). The van der Waals surface area contributed by atoms with Crippen LogP contribution >= 0.6 is 11.8 Å². The summed E-state index contributed by atoms with van der Waals surface area (Å²) < 4.78 is 93.0. The number of aliphatic hydroxyl groups excluding tert-OH is 23. The van der Waals surface area contributed by atoms with Gasteiger partial charge in [-0.2, -0.15) is 0 Å². The Morgan fingerprint density at radius 3 is 0.673 bits per heavy atom. The number of thioether (sulfide) groups is 1. The smallest absolute Gasteiger partial charge is 0.307 e. The van der Waals surface area contributed by atoms with Gasteiger partial charge in [-0.05, 0) is 17.7 Å². The van der Waals surface area contributed by atoms with E-state index >= 15 is 0 Å². The number of carboxylic acid groups (broad SMARTS) is 1. The molecule has 562 valence electrons. The highest BCUT2D eigenvalue weighted by Gasteiger charge is 2.60. The second kappa shape index (κ2) is 33.7. The molecule has 41 nitrogen and oxygen atoms in total. The van der Waals surface area contributed by atoms with E-state index in [-0.39, 0.29) is 5.75 Å². The first-order valence-corrected chi connectivity index (χ1v) is 32.3. The maximum Gasteiger partial charge on any atom is 0.307 e. The SMILES string of the molecule is O=C(O)Cc1cccc(SC[C@H]2O[C@@H]3O[C@H]4[C@H](O)[C@@H](O)[C@@H](O[C@H]5[C@H](O)[C@@H](O)[C@@H](O[C@H]6[C@H](O)[C@@H](O)[C@@H](O[C@H]7[C@H](O)[C@@H](O)[C@@H](O[C@H]8[C@H](O)[C@H](O)[C@@H](O[C@H]9[C@H](O)[C@@H](O)[C@@H](O[C@H]%10[C@H](O)[C@H](O)[C@@H](O[C@H]2[C@H](O)[C@H]3O)O[C@@H]%10CO)O[C@@H]9CO)O[C@@H]8CO)O[C@@H]7CO)O[C@H]6CO)O[C@H]5CO)O[C@H]4CO)c1. The van der Waals surface area contributed by atoms with Crippen molar-refractivity contribution in [2.45, 2.75) is 257 Å². The predicted octanol–water partition coefficient (Wildman–Crippen LogP) is -15.0. The lowest BCUT2D eigenvalue weighted by Gasteiger charge is -2.50. The van der Waals surface area contributed by atoms with E-state index in [0.717, 1.165) is 11.8 Å². The fourth-order valence-corrected chi connectivity index (χ4v) is 14.0. The Hall–Kier alpha value is -2.52. The van der Waals surface area contributed by atoms with Gasteiger partial charge in [-0.3, -0.25) is 4.79 Å². The van der Waals surface area contributed by atoms with Gasteiger partial charge in [-0.1, -0.05) is 12.1 Å². The highest BCUT2D eigenvalue weighted by Crippen LogP contribution is 2.41. The summed E-state index contributed by atoms with van der Waals surface area (Å²) in [6.07, 6.45) is -82.6. The molecule has 42 heteroatoms. The van der Waals surface area contributed by atoms with Crippen LogP contribution in [0.5, 0.6) is 0 Å². The average Bonchev–Trinajstić information content (AvgIpc) is 0.778. The maximum atomic E-state index is 11.9. The van der Waals surface area contributed by atoms with E-state index in [1.165, 1.54) is 18.2 Å². The van der Waals surface area contributed by atoms with Gasteiger partial charge in [0.15, 0.2) is 50.3 Å². The topological polar surface area (TPSA) is 650 Å². The van der Waals surface area contributed by atoms with E-state index in [0.29, 0.717) is 10.5 Å². The van der Waals surface area contributed by atoms with Gasteiger partial charge in [0.25, 0.3) is 0 Å². The van der Waals surface area contributed by atoms with E-state index in [1.54, 1.807) is 6.07 Å². The Kier molecular flexibility index (Phi) is 26.9. The summed E-state index contributed by atoms with van der Waals surface area (Å²) in [5.74, 6) is -1.48. The van der Waals surface area contributed by atoms with Crippen LogP contribution in [0.25, 0.3) is 0 Å². The minimum absolute atomic E-state index is 0.320. The Balaban J connectivity index is 0.933. The van der Waals surface area contributed by atoms with Crippen LogP contribution in [0.3, 0.4) is 0 Å². The Bertz CT molecular complexity index is 2650. The number of benzene rings is 1. The number of ether oxygens (including phenoxy) is 16. The molecule has 24 N–H and O–H groups in total. The van der Waals surface area contributed by atoms with Crippen molar-refractivity contribution in [1.29, 1.82) is 0 Å². The molecule has 0 saturated carbocycles. The van der Waals surface area contributed by atoms with Crippen LogP contribution in [-0.4, -0.2) is 426 Å². The van der Waals surface area contributed by atoms with E-state index in [4.69, 9.17) is 75.8 Å². The minimum Gasteiger partial charge on any atom is -0.481 e. The van der Waals surface area contributed by atoms with E-state index in [1.807, 2.05) is 0 Å². The van der Waals surface area contributed by atoms with Crippen LogP contribution in [0.2, 0.25) is 0 Å². The summed E-state index contributed by atoms with van der Waals surface area (Å²) in [5, 5.41) is 268. The Morgan fingerprint density at radius 1 is 0.286 bits per heavy atom. The molecule has 0 aliphatic carbocycles. The van der Waals surface area contributed by atoms with Crippen LogP contribution in [0.4, 0.5) is 0 Å². The molecule has 40 atom stereocenters. The second-order valence-corrected chi connectivity index (χ2v) is 25.9. The number of rotatable bonds is 12. The summed E-state index contributed by atoms with van der Waals surface area (Å²) in [5.41, 5.74) is 0.353. The fraction of sp³-hybridized carbons (Fsp3) is 0.875. The van der Waals surface area contributed by atoms with Crippen LogP contribution < -0.4 is 0 Å². The van der Waals surface area contributed by atoms with Gasteiger partial charge in [-0.25, -0.2) is 0 Å². The van der Waals surface area contributed by atoms with E-state index < -0.39 is 304 Å². The first-order valence-electron chi connectivity index (χ1n) is 31.3. The molecule has 1 aromatic rings. The maximum absolute atomic E-state index is 11.9. The van der Waals surface area contributed by atoms with Gasteiger partial charge in [0.05, 0.1) is 58.8 Å². The number of carbonyl (C=O) groups is 1. The van der Waals surface area contributed by atoms with Gasteiger partial charge in [0, 0.05) is 10.6 Å². The second-order valence-electron chi connectivity index (χ2n) is 24.8. The summed E-state index contributed by atoms with van der Waals surface area (Å²) >= 11 is 0.967. The van der Waals surface area contributed by atoms with Crippen molar-refractivity contribution >= 4 is 17.7 Å². The zero-order valence-electron chi connectivity index (χ0n) is 51.3. The molecule has 0 radical (unpaired) electrons. The highest BCUT2D eigenvalue weighted by atomic mass is 32.2. The molecule has 30 aliphatic rings. The lowest BCUT2D eigenvalue weighted by Crippen LogP contribution is -2.69. The monoisotopic (exact) mass is 1450 g/mol. The molecule has 30 saturated heterocycles. The lowest BCUT2D eigenvalue weighted by molar-refractivity contribution is -0.403. The fourth-order valence-electron chi connectivity index (χ4n) is 13.0. The summed E-state index contributed by atoms with van der Waals surface area (Å²) in [4.78, 5) is 12.0. The van der Waals surface area contributed by atoms with Crippen molar-refractivity contribution in [3.05, 3.63) is 29.8 Å². The molecule has 1 aromatic carbocycles. The third-order valence-electron chi connectivity index (χ3n) is 18.4. The van der Waals surface area contributed by atoms with Gasteiger partial charge in [0.2, 0.25) is 0 Å². The van der Waals surface area contributed by atoms with E-state index in [2.05, 4.69) is 0 Å². The number of hydrogen-bond acceptors (Lipinski definition) is 41. The number of hydrogen-bond donors (Lipinski definition) is 24. The quantitative estimate of drug-likeness (QED) is 0.0864. The van der Waals surface area contributed by atoms with Crippen LogP contribution in [-0.2, 0) is 87.0 Å². The van der Waals surface area contributed by atoms with Gasteiger partial charge in [0.1, 0.15) is 189 Å². The third kappa shape index (κ3) is 16.2. The summed E-state index contributed by atoms with van der Waals surface area (Å²) in [6.45, 7) is -7.64. The van der Waals surface area contributed by atoms with Crippen LogP contribution in [0.15, 0.2) is 29.2 Å². The van der Waals surface area contributed by atoms with Gasteiger partial charge < -0.3 is 198 Å². The zero-order chi connectivity index (χ0) is 71.0. The van der Waals surface area contributed by atoms with Crippen molar-refractivity contribution in [2.75, 3.05) is 52.0 Å². The molecule has 0 amide bonds. The number of carboxylic acids is 1. The molecule has 0 unspecified atom stereocenters. The minimum atomic E-state index is -2.27. The molecule has 30 heterocycles. The van der Waals surface area contributed by atoms with Crippen LogP contribution in [0.1, 0.15) is 5.56 Å². The molecule has 30 aliphatic heterocycles. The summed E-state index contributed by atoms with van der Waals surface area (Å²) in [6, 6.07) is 6.13. The average molecular weight is 1450 g/mol. The molecular weight excluding hydrogens is 1360 g/mol. The first-order chi connectivity index (χ1) is 46.7. The zero-order valence-corrected chi connectivity index (χ0v) is 52.2. The number of aliphatic hydroxyl groups is 23. The lowest BCUT2D eigenvalue weighted by atomic mass is 9.95. The highest BCUT2D eigenvalue weighted by molar-refractivity contribution is 7.99.